The predicted octanol–water partition coefficient (Wildman–Crippen LogP) is 4.40. The third kappa shape index (κ3) is 4.51. The molecule has 0 heterocycles. The van der Waals surface area contributed by atoms with Crippen molar-refractivity contribution in [2.45, 2.75) is 17.4 Å². The molecule has 2 aromatic rings. The maximum Gasteiger partial charge on any atom is 0.123 e. The molecule has 106 valence electrons. The SMILES string of the molecule is CNC(CSc1ccccc1Cl)Cc1ccc(F)cc1. The molecule has 0 aliphatic rings. The molecule has 2 aromatic carbocycles. The van der Waals surface area contributed by atoms with Gasteiger partial charge in [0.2, 0.25) is 0 Å². The predicted molar refractivity (Wildman–Crippen MR) is 85.1 cm³/mol. The van der Waals surface area contributed by atoms with Crippen molar-refractivity contribution in [1.82, 2.24) is 5.32 Å². The van der Waals surface area contributed by atoms with Crippen LogP contribution in [0.25, 0.3) is 0 Å². The highest BCUT2D eigenvalue weighted by Crippen LogP contribution is 2.27. The Morgan fingerprint density at radius 3 is 2.50 bits per heavy atom. The van der Waals surface area contributed by atoms with E-state index in [2.05, 4.69) is 5.32 Å². The van der Waals surface area contributed by atoms with Gasteiger partial charge in [-0.15, -0.1) is 11.8 Å². The molecule has 1 nitrogen and oxygen atoms in total. The fourth-order valence-corrected chi connectivity index (χ4v) is 3.25. The average Bonchev–Trinajstić information content (AvgIpc) is 2.47. The van der Waals surface area contributed by atoms with Gasteiger partial charge in [-0.1, -0.05) is 35.9 Å². The number of thioether (sulfide) groups is 1. The van der Waals surface area contributed by atoms with Crippen LogP contribution in [0.3, 0.4) is 0 Å². The van der Waals surface area contributed by atoms with Gasteiger partial charge in [-0.2, -0.15) is 0 Å². The highest BCUT2D eigenvalue weighted by atomic mass is 35.5. The minimum Gasteiger partial charge on any atom is -0.316 e. The fraction of sp³-hybridized carbons (Fsp3) is 0.250. The van der Waals surface area contributed by atoms with E-state index < -0.39 is 0 Å². The Balaban J connectivity index is 1.92. The van der Waals surface area contributed by atoms with E-state index in [1.807, 2.05) is 43.4 Å². The van der Waals surface area contributed by atoms with Gasteiger partial charge in [-0.3, -0.25) is 0 Å². The molecule has 0 aliphatic carbocycles. The van der Waals surface area contributed by atoms with Crippen molar-refractivity contribution >= 4 is 23.4 Å². The van der Waals surface area contributed by atoms with Gasteiger partial charge in [-0.25, -0.2) is 4.39 Å². The number of likely N-dealkylation sites (N-methyl/N-ethyl adjacent to an activating group) is 1. The number of rotatable bonds is 6. The van der Waals surface area contributed by atoms with Crippen LogP contribution in [0.4, 0.5) is 4.39 Å². The van der Waals surface area contributed by atoms with E-state index >= 15 is 0 Å². The molecule has 1 atom stereocenters. The normalized spacial score (nSPS) is 12.3. The van der Waals surface area contributed by atoms with Crippen LogP contribution in [0.5, 0.6) is 0 Å². The summed E-state index contributed by atoms with van der Waals surface area (Å²) in [4.78, 5) is 1.09. The summed E-state index contributed by atoms with van der Waals surface area (Å²) in [6.07, 6.45) is 0.869. The van der Waals surface area contributed by atoms with Crippen LogP contribution in [0.2, 0.25) is 5.02 Å². The molecule has 0 fully saturated rings. The van der Waals surface area contributed by atoms with Crippen LogP contribution in [0, 0.1) is 5.82 Å². The van der Waals surface area contributed by atoms with Gasteiger partial charge in [0.05, 0.1) is 5.02 Å². The molecule has 0 spiro atoms. The van der Waals surface area contributed by atoms with Crippen LogP contribution < -0.4 is 5.32 Å². The summed E-state index contributed by atoms with van der Waals surface area (Å²) in [6.45, 7) is 0. The molecule has 0 aliphatic heterocycles. The highest BCUT2D eigenvalue weighted by molar-refractivity contribution is 7.99. The fourth-order valence-electron chi connectivity index (χ4n) is 1.90. The maximum atomic E-state index is 12.9. The van der Waals surface area contributed by atoms with Crippen molar-refractivity contribution in [3.8, 4) is 0 Å². The van der Waals surface area contributed by atoms with Crippen LogP contribution in [0.15, 0.2) is 53.4 Å². The number of hydrogen-bond acceptors (Lipinski definition) is 2. The van der Waals surface area contributed by atoms with E-state index in [9.17, 15) is 4.39 Å². The van der Waals surface area contributed by atoms with E-state index in [0.29, 0.717) is 6.04 Å². The van der Waals surface area contributed by atoms with E-state index in [1.165, 1.54) is 12.1 Å². The first kappa shape index (κ1) is 15.4. The van der Waals surface area contributed by atoms with Gasteiger partial charge < -0.3 is 5.32 Å². The summed E-state index contributed by atoms with van der Waals surface area (Å²) in [6, 6.07) is 14.8. The molecular weight excluding hydrogens is 293 g/mol. The second-order valence-corrected chi connectivity index (χ2v) is 6.03. The lowest BCUT2D eigenvalue weighted by molar-refractivity contribution is 0.609. The molecule has 4 heteroatoms. The Labute approximate surface area is 128 Å². The Bertz CT molecular complexity index is 544. The van der Waals surface area contributed by atoms with Gasteiger partial charge in [-0.05, 0) is 43.3 Å². The lowest BCUT2D eigenvalue weighted by Crippen LogP contribution is -2.30. The first-order valence-electron chi connectivity index (χ1n) is 6.48. The lowest BCUT2D eigenvalue weighted by Gasteiger charge is -2.16. The quantitative estimate of drug-likeness (QED) is 0.794. The zero-order valence-electron chi connectivity index (χ0n) is 11.3. The Hall–Kier alpha value is -1.03. The van der Waals surface area contributed by atoms with Crippen molar-refractivity contribution in [3.63, 3.8) is 0 Å². The molecule has 1 unspecified atom stereocenters. The molecule has 0 bridgehead atoms. The zero-order chi connectivity index (χ0) is 14.4. The molecule has 0 radical (unpaired) electrons. The summed E-state index contributed by atoms with van der Waals surface area (Å²) < 4.78 is 12.9. The van der Waals surface area contributed by atoms with Crippen molar-refractivity contribution in [1.29, 1.82) is 0 Å². The lowest BCUT2D eigenvalue weighted by atomic mass is 10.1. The van der Waals surface area contributed by atoms with E-state index in [-0.39, 0.29) is 5.82 Å². The van der Waals surface area contributed by atoms with Crippen LogP contribution >= 0.6 is 23.4 Å². The summed E-state index contributed by atoms with van der Waals surface area (Å²) in [5.74, 6) is 0.720. The monoisotopic (exact) mass is 309 g/mol. The standard InChI is InChI=1S/C16H17ClFNS/c1-19-14(10-12-6-8-13(18)9-7-12)11-20-16-5-3-2-4-15(16)17/h2-9,14,19H,10-11H2,1H3. The Morgan fingerprint density at radius 2 is 1.85 bits per heavy atom. The summed E-state index contributed by atoms with van der Waals surface area (Å²) in [7, 11) is 1.95. The van der Waals surface area contributed by atoms with Crippen LogP contribution in [-0.2, 0) is 6.42 Å². The minimum absolute atomic E-state index is 0.194. The molecule has 0 amide bonds. The van der Waals surface area contributed by atoms with Crippen molar-refractivity contribution < 1.29 is 4.39 Å². The number of nitrogens with one attached hydrogen (secondary N) is 1. The van der Waals surface area contributed by atoms with Crippen molar-refractivity contribution in [3.05, 3.63) is 64.9 Å². The average molecular weight is 310 g/mol. The molecule has 1 N–H and O–H groups in total. The highest BCUT2D eigenvalue weighted by Gasteiger charge is 2.09. The topological polar surface area (TPSA) is 12.0 Å². The number of benzene rings is 2. The molecule has 0 saturated heterocycles. The second-order valence-electron chi connectivity index (χ2n) is 4.56. The second kappa shape index (κ2) is 7.67. The summed E-state index contributed by atoms with van der Waals surface area (Å²) >= 11 is 7.88. The van der Waals surface area contributed by atoms with Gasteiger partial charge in [0.1, 0.15) is 5.82 Å². The van der Waals surface area contributed by atoms with Crippen molar-refractivity contribution in [2.24, 2.45) is 0 Å². The van der Waals surface area contributed by atoms with Crippen molar-refractivity contribution in [2.75, 3.05) is 12.8 Å². The zero-order valence-corrected chi connectivity index (χ0v) is 12.8. The Morgan fingerprint density at radius 1 is 1.15 bits per heavy atom. The van der Waals surface area contributed by atoms with Crippen LogP contribution in [0.1, 0.15) is 5.56 Å². The molecule has 2 rings (SSSR count). The first-order valence-corrected chi connectivity index (χ1v) is 7.84. The largest absolute Gasteiger partial charge is 0.316 e. The van der Waals surface area contributed by atoms with Gasteiger partial charge >= 0.3 is 0 Å². The minimum atomic E-state index is -0.194. The van der Waals surface area contributed by atoms with Gasteiger partial charge in [0, 0.05) is 16.7 Å². The smallest absolute Gasteiger partial charge is 0.123 e. The van der Waals surface area contributed by atoms with Gasteiger partial charge in [0.15, 0.2) is 0 Å². The third-order valence-corrected chi connectivity index (χ3v) is 4.76. The molecule has 0 saturated carbocycles. The first-order chi connectivity index (χ1) is 9.69. The summed E-state index contributed by atoms with van der Waals surface area (Å²) in [5.41, 5.74) is 1.13. The van der Waals surface area contributed by atoms with E-state index in [0.717, 1.165) is 27.7 Å². The third-order valence-electron chi connectivity index (χ3n) is 3.08. The number of halogens is 2. The van der Waals surface area contributed by atoms with Crippen LogP contribution in [-0.4, -0.2) is 18.8 Å². The van der Waals surface area contributed by atoms with Gasteiger partial charge in [0.25, 0.3) is 0 Å². The Kier molecular flexibility index (Phi) is 5.89. The van der Waals surface area contributed by atoms with E-state index in [1.54, 1.807) is 11.8 Å². The van der Waals surface area contributed by atoms with E-state index in [4.69, 9.17) is 11.6 Å². The molecule has 0 aromatic heterocycles. The number of hydrogen-bond donors (Lipinski definition) is 1. The molecule has 20 heavy (non-hydrogen) atoms. The summed E-state index contributed by atoms with van der Waals surface area (Å²) in [5, 5.41) is 4.08. The maximum absolute atomic E-state index is 12.9. The molecular formula is C16H17ClFNS.